The summed E-state index contributed by atoms with van der Waals surface area (Å²) < 4.78 is 0. The molecule has 3 fully saturated rings. The van der Waals surface area contributed by atoms with E-state index in [-0.39, 0.29) is 0 Å². The molecule has 0 amide bonds. The molecule has 3 aliphatic carbocycles. The first-order valence-electron chi connectivity index (χ1n) is 7.71. The molecule has 0 aromatic heterocycles. The van der Waals surface area contributed by atoms with E-state index >= 15 is 0 Å². The van der Waals surface area contributed by atoms with Crippen LogP contribution in [-0.2, 0) is 0 Å². The fourth-order valence-electron chi connectivity index (χ4n) is 5.11. The molecule has 3 aliphatic rings. The molecule has 5 unspecified atom stereocenters. The second-order valence-corrected chi connectivity index (χ2v) is 7.84. The van der Waals surface area contributed by atoms with Gasteiger partial charge in [-0.1, -0.05) is 34.1 Å². The zero-order valence-electron chi connectivity index (χ0n) is 12.1. The van der Waals surface area contributed by atoms with Gasteiger partial charge in [-0.05, 0) is 54.8 Å². The van der Waals surface area contributed by atoms with E-state index < -0.39 is 0 Å². The highest BCUT2D eigenvalue weighted by molar-refractivity contribution is 5.13. The number of rotatable bonds is 2. The van der Waals surface area contributed by atoms with Crippen LogP contribution < -0.4 is 5.32 Å². The standard InChI is InChI=1S/C16H29N/c1-11-6-5-7-13(11)17-14-10-12-8-9-16(14,4)15(12,2)3/h11-14,17H,5-10H2,1-4H3. The first-order chi connectivity index (χ1) is 7.95. The molecule has 0 saturated heterocycles. The molecule has 17 heavy (non-hydrogen) atoms. The summed E-state index contributed by atoms with van der Waals surface area (Å²) >= 11 is 0. The zero-order valence-corrected chi connectivity index (χ0v) is 12.1. The fourth-order valence-corrected chi connectivity index (χ4v) is 5.11. The molecule has 0 aromatic rings. The Kier molecular flexibility index (Phi) is 2.63. The molecule has 3 rings (SSSR count). The van der Waals surface area contributed by atoms with Crippen LogP contribution in [0.2, 0.25) is 0 Å². The predicted molar refractivity (Wildman–Crippen MR) is 73.0 cm³/mol. The Balaban J connectivity index is 1.74. The number of fused-ring (bicyclic) bond motifs is 2. The van der Waals surface area contributed by atoms with Gasteiger partial charge in [0.2, 0.25) is 0 Å². The van der Waals surface area contributed by atoms with E-state index in [1.54, 1.807) is 0 Å². The normalized spacial score (nSPS) is 52.2. The highest BCUT2D eigenvalue weighted by Crippen LogP contribution is 2.65. The summed E-state index contributed by atoms with van der Waals surface area (Å²) in [5, 5.41) is 4.06. The minimum absolute atomic E-state index is 0.556. The number of hydrogen-bond donors (Lipinski definition) is 1. The molecule has 0 radical (unpaired) electrons. The van der Waals surface area contributed by atoms with Crippen molar-refractivity contribution in [3.8, 4) is 0 Å². The van der Waals surface area contributed by atoms with Gasteiger partial charge in [-0.2, -0.15) is 0 Å². The van der Waals surface area contributed by atoms with Crippen LogP contribution >= 0.6 is 0 Å². The minimum atomic E-state index is 0.556. The largest absolute Gasteiger partial charge is 0.310 e. The Morgan fingerprint density at radius 3 is 2.29 bits per heavy atom. The van der Waals surface area contributed by atoms with Gasteiger partial charge in [0.15, 0.2) is 0 Å². The average molecular weight is 235 g/mol. The van der Waals surface area contributed by atoms with E-state index in [1.807, 2.05) is 0 Å². The van der Waals surface area contributed by atoms with Crippen molar-refractivity contribution in [2.24, 2.45) is 22.7 Å². The van der Waals surface area contributed by atoms with Gasteiger partial charge in [0.1, 0.15) is 0 Å². The van der Waals surface area contributed by atoms with Crippen molar-refractivity contribution in [1.82, 2.24) is 5.32 Å². The Labute approximate surface area is 107 Å². The first kappa shape index (κ1) is 12.0. The van der Waals surface area contributed by atoms with E-state index in [2.05, 4.69) is 33.0 Å². The van der Waals surface area contributed by atoms with Crippen molar-refractivity contribution in [3.63, 3.8) is 0 Å². The van der Waals surface area contributed by atoms with Gasteiger partial charge in [0.05, 0.1) is 0 Å². The van der Waals surface area contributed by atoms with Crippen molar-refractivity contribution in [2.45, 2.75) is 78.3 Å². The summed E-state index contributed by atoms with van der Waals surface area (Å²) in [5.41, 5.74) is 1.12. The van der Waals surface area contributed by atoms with E-state index in [4.69, 9.17) is 0 Å². The third kappa shape index (κ3) is 1.54. The fraction of sp³-hybridized carbons (Fsp3) is 1.00. The SMILES string of the molecule is CC1CCCC1NC1CC2CCC1(C)C2(C)C. The topological polar surface area (TPSA) is 12.0 Å². The monoisotopic (exact) mass is 235 g/mol. The van der Waals surface area contributed by atoms with Gasteiger partial charge in [-0.25, -0.2) is 0 Å². The van der Waals surface area contributed by atoms with Crippen molar-refractivity contribution in [3.05, 3.63) is 0 Å². The van der Waals surface area contributed by atoms with E-state index in [0.29, 0.717) is 10.8 Å². The Morgan fingerprint density at radius 1 is 1.06 bits per heavy atom. The summed E-state index contributed by atoms with van der Waals surface area (Å²) in [6, 6.07) is 1.61. The summed E-state index contributed by atoms with van der Waals surface area (Å²) in [6.07, 6.45) is 8.65. The molecule has 98 valence electrons. The molecule has 0 spiro atoms. The third-order valence-electron chi connectivity index (χ3n) is 7.07. The average Bonchev–Trinajstić information content (AvgIpc) is 2.81. The summed E-state index contributed by atoms with van der Waals surface area (Å²) in [7, 11) is 0. The highest BCUT2D eigenvalue weighted by atomic mass is 15.0. The summed E-state index contributed by atoms with van der Waals surface area (Å²) in [4.78, 5) is 0. The van der Waals surface area contributed by atoms with Crippen LogP contribution in [-0.4, -0.2) is 12.1 Å². The van der Waals surface area contributed by atoms with Gasteiger partial charge in [-0.3, -0.25) is 0 Å². The van der Waals surface area contributed by atoms with Crippen molar-refractivity contribution in [2.75, 3.05) is 0 Å². The molecule has 0 aliphatic heterocycles. The maximum Gasteiger partial charge on any atom is 0.0132 e. The number of hydrogen-bond acceptors (Lipinski definition) is 1. The quantitative estimate of drug-likeness (QED) is 0.763. The van der Waals surface area contributed by atoms with Gasteiger partial charge < -0.3 is 5.32 Å². The van der Waals surface area contributed by atoms with Crippen LogP contribution in [0.4, 0.5) is 0 Å². The minimum Gasteiger partial charge on any atom is -0.310 e. The Hall–Kier alpha value is -0.0400. The lowest BCUT2D eigenvalue weighted by Gasteiger charge is -2.41. The second-order valence-electron chi connectivity index (χ2n) is 7.84. The van der Waals surface area contributed by atoms with Gasteiger partial charge >= 0.3 is 0 Å². The van der Waals surface area contributed by atoms with E-state index in [0.717, 1.165) is 23.9 Å². The molecule has 1 nitrogen and oxygen atoms in total. The van der Waals surface area contributed by atoms with Crippen LogP contribution in [0.15, 0.2) is 0 Å². The van der Waals surface area contributed by atoms with E-state index in [1.165, 1.54) is 38.5 Å². The van der Waals surface area contributed by atoms with Crippen molar-refractivity contribution < 1.29 is 0 Å². The predicted octanol–water partition coefficient (Wildman–Crippen LogP) is 3.98. The lowest BCUT2D eigenvalue weighted by molar-refractivity contribution is 0.112. The lowest BCUT2D eigenvalue weighted by Crippen LogP contribution is -2.49. The molecule has 1 N–H and O–H groups in total. The Morgan fingerprint density at radius 2 is 1.82 bits per heavy atom. The highest BCUT2D eigenvalue weighted by Gasteiger charge is 2.61. The van der Waals surface area contributed by atoms with Crippen molar-refractivity contribution in [1.29, 1.82) is 0 Å². The maximum atomic E-state index is 4.06. The molecular weight excluding hydrogens is 206 g/mol. The summed E-state index contributed by atoms with van der Waals surface area (Å²) in [6.45, 7) is 10.0. The number of nitrogens with one attached hydrogen (secondary N) is 1. The Bertz CT molecular complexity index is 309. The molecular formula is C16H29N. The first-order valence-corrected chi connectivity index (χ1v) is 7.71. The van der Waals surface area contributed by atoms with Crippen LogP contribution in [0.25, 0.3) is 0 Å². The molecule has 5 atom stereocenters. The van der Waals surface area contributed by atoms with E-state index in [9.17, 15) is 0 Å². The van der Waals surface area contributed by atoms with Crippen LogP contribution in [0.1, 0.15) is 66.2 Å². The third-order valence-corrected chi connectivity index (χ3v) is 7.07. The molecule has 0 aromatic carbocycles. The molecule has 2 bridgehead atoms. The summed E-state index contributed by atoms with van der Waals surface area (Å²) in [5.74, 6) is 1.88. The van der Waals surface area contributed by atoms with Gasteiger partial charge in [-0.15, -0.1) is 0 Å². The van der Waals surface area contributed by atoms with Gasteiger partial charge in [0, 0.05) is 12.1 Å². The molecule has 0 heterocycles. The molecule has 1 heteroatoms. The van der Waals surface area contributed by atoms with Crippen LogP contribution in [0.5, 0.6) is 0 Å². The van der Waals surface area contributed by atoms with Crippen LogP contribution in [0.3, 0.4) is 0 Å². The van der Waals surface area contributed by atoms with Gasteiger partial charge in [0.25, 0.3) is 0 Å². The zero-order chi connectivity index (χ0) is 12.3. The molecule has 3 saturated carbocycles. The smallest absolute Gasteiger partial charge is 0.0132 e. The van der Waals surface area contributed by atoms with Crippen LogP contribution in [0, 0.1) is 22.7 Å². The second kappa shape index (κ2) is 3.73. The van der Waals surface area contributed by atoms with Crippen molar-refractivity contribution >= 4 is 0 Å². The maximum absolute atomic E-state index is 4.06. The lowest BCUT2D eigenvalue weighted by atomic mass is 9.69.